The topological polar surface area (TPSA) is 64.7 Å². The molecule has 0 saturated carbocycles. The largest absolute Gasteiger partial charge is 0.374 e. The van der Waals surface area contributed by atoms with Crippen molar-refractivity contribution >= 4 is 17.5 Å². The van der Waals surface area contributed by atoms with Crippen LogP contribution < -0.4 is 15.5 Å². The van der Waals surface area contributed by atoms with Gasteiger partial charge < -0.3 is 20.4 Å². The molecule has 6 nitrogen and oxygen atoms in total. The third-order valence-corrected chi connectivity index (χ3v) is 5.48. The van der Waals surface area contributed by atoms with Crippen molar-refractivity contribution in [3.63, 3.8) is 0 Å². The second-order valence-electron chi connectivity index (χ2n) is 7.92. The average Bonchev–Trinajstić information content (AvgIpc) is 3.07. The number of rotatable bonds is 6. The van der Waals surface area contributed by atoms with Gasteiger partial charge in [0.15, 0.2) is 0 Å². The second-order valence-corrected chi connectivity index (χ2v) is 7.92. The number of benzene rings is 2. The molecule has 0 radical (unpaired) electrons. The number of carbonyl (C=O) groups excluding carboxylic acids is 2. The number of likely N-dealkylation sites (N-methyl/N-ethyl adjacent to an activating group) is 2. The Morgan fingerprint density at radius 2 is 1.76 bits per heavy atom. The van der Waals surface area contributed by atoms with Crippen LogP contribution in [0.3, 0.4) is 0 Å². The Kier molecular flexibility index (Phi) is 6.54. The third kappa shape index (κ3) is 5.15. The number of hydrogen-bond donors (Lipinski definition) is 2. The first-order valence-corrected chi connectivity index (χ1v) is 9.97. The van der Waals surface area contributed by atoms with Crippen LogP contribution in [0.4, 0.5) is 5.69 Å². The Hall–Kier alpha value is -2.86. The normalized spacial score (nSPS) is 13.9. The summed E-state index contributed by atoms with van der Waals surface area (Å²) in [6, 6.07) is 14.3. The quantitative estimate of drug-likeness (QED) is 0.736. The van der Waals surface area contributed by atoms with Crippen LogP contribution in [0.2, 0.25) is 0 Å². The summed E-state index contributed by atoms with van der Waals surface area (Å²) in [5, 5.41) is 5.46. The van der Waals surface area contributed by atoms with Crippen LogP contribution in [0.5, 0.6) is 0 Å². The van der Waals surface area contributed by atoms with E-state index in [2.05, 4.69) is 45.7 Å². The highest BCUT2D eigenvalue weighted by atomic mass is 16.2. The molecule has 0 saturated heterocycles. The predicted octanol–water partition coefficient (Wildman–Crippen LogP) is 2.02. The first-order valence-electron chi connectivity index (χ1n) is 9.97. The molecule has 1 aliphatic heterocycles. The molecule has 2 aromatic rings. The maximum absolute atomic E-state index is 12.3. The van der Waals surface area contributed by atoms with Crippen LogP contribution >= 0.6 is 0 Å². The highest BCUT2D eigenvalue weighted by Gasteiger charge is 2.22. The lowest BCUT2D eigenvalue weighted by Gasteiger charge is -2.26. The molecular formula is C23H30N4O2. The molecule has 0 fully saturated rings. The van der Waals surface area contributed by atoms with Gasteiger partial charge in [0.05, 0.1) is 6.04 Å². The molecule has 6 heteroatoms. The fraction of sp³-hybridized carbons (Fsp3) is 0.391. The summed E-state index contributed by atoms with van der Waals surface area (Å²) in [5.74, 6) is -1.22. The molecule has 3 rings (SSSR count). The molecule has 0 aromatic heterocycles. The molecular weight excluding hydrogens is 364 g/mol. The van der Waals surface area contributed by atoms with Crippen LogP contribution in [0.15, 0.2) is 42.5 Å². The van der Waals surface area contributed by atoms with E-state index in [0.717, 1.165) is 29.7 Å². The van der Waals surface area contributed by atoms with Gasteiger partial charge in [-0.2, -0.15) is 0 Å². The molecule has 2 N–H and O–H groups in total. The maximum atomic E-state index is 12.3. The van der Waals surface area contributed by atoms with Crippen LogP contribution in [0.1, 0.15) is 28.3 Å². The lowest BCUT2D eigenvalue weighted by atomic mass is 10.0. The summed E-state index contributed by atoms with van der Waals surface area (Å²) in [6.45, 7) is 3.75. The molecule has 154 valence electrons. The lowest BCUT2D eigenvalue weighted by molar-refractivity contribution is -0.139. The van der Waals surface area contributed by atoms with Crippen molar-refractivity contribution in [2.24, 2.45) is 0 Å². The number of aryl methyl sites for hydroxylation is 1. The molecule has 1 atom stereocenters. The zero-order valence-corrected chi connectivity index (χ0v) is 17.7. The van der Waals surface area contributed by atoms with Gasteiger partial charge in [-0.15, -0.1) is 0 Å². The smallest absolute Gasteiger partial charge is 0.309 e. The Morgan fingerprint density at radius 1 is 1.07 bits per heavy atom. The lowest BCUT2D eigenvalue weighted by Crippen LogP contribution is -2.42. The minimum absolute atomic E-state index is 0.0000506. The van der Waals surface area contributed by atoms with Crippen LogP contribution in [-0.4, -0.2) is 50.9 Å². The van der Waals surface area contributed by atoms with Crippen LogP contribution in [0, 0.1) is 6.92 Å². The third-order valence-electron chi connectivity index (χ3n) is 5.48. The SMILES string of the molecule is Cc1ccc(CNC(=O)C(=O)NC[C@H](c2ccc3c(c2)CCN3C)N(C)C)cc1. The molecule has 29 heavy (non-hydrogen) atoms. The van der Waals surface area contributed by atoms with E-state index in [0.29, 0.717) is 13.1 Å². The van der Waals surface area contributed by atoms with Crippen LogP contribution in [0.25, 0.3) is 0 Å². The van der Waals surface area contributed by atoms with E-state index in [1.165, 1.54) is 11.3 Å². The fourth-order valence-electron chi connectivity index (χ4n) is 3.63. The number of anilines is 1. The zero-order valence-electron chi connectivity index (χ0n) is 17.7. The van der Waals surface area contributed by atoms with E-state index < -0.39 is 11.8 Å². The molecule has 0 aliphatic carbocycles. The standard InChI is InChI=1S/C23H30N4O2/c1-16-5-7-17(8-6-16)14-24-22(28)23(29)25-15-21(26(2)3)18-9-10-20-19(13-18)11-12-27(20)4/h5-10,13,21H,11-12,14-15H2,1-4H3,(H,24,28)(H,25,29)/t21-/m1/s1. The van der Waals surface area contributed by atoms with Crippen molar-refractivity contribution in [3.8, 4) is 0 Å². The van der Waals surface area contributed by atoms with Gasteiger partial charge in [0.25, 0.3) is 0 Å². The van der Waals surface area contributed by atoms with Gasteiger partial charge in [0.1, 0.15) is 0 Å². The number of nitrogens with zero attached hydrogens (tertiary/aromatic N) is 2. The van der Waals surface area contributed by atoms with Crippen molar-refractivity contribution in [1.29, 1.82) is 0 Å². The first kappa shape index (κ1) is 20.9. The summed E-state index contributed by atoms with van der Waals surface area (Å²) in [7, 11) is 6.06. The number of nitrogens with one attached hydrogen (secondary N) is 2. The van der Waals surface area contributed by atoms with Gasteiger partial charge >= 0.3 is 11.8 Å². The Balaban J connectivity index is 1.56. The Morgan fingerprint density at radius 3 is 2.45 bits per heavy atom. The van der Waals surface area contributed by atoms with Gasteiger partial charge in [0.2, 0.25) is 0 Å². The minimum atomic E-state index is -0.612. The van der Waals surface area contributed by atoms with Gasteiger partial charge in [-0.1, -0.05) is 42.0 Å². The number of amides is 2. The van der Waals surface area contributed by atoms with Gasteiger partial charge in [-0.05, 0) is 50.2 Å². The van der Waals surface area contributed by atoms with E-state index >= 15 is 0 Å². The Bertz CT molecular complexity index is 877. The van der Waals surface area contributed by atoms with Crippen molar-refractivity contribution in [2.45, 2.75) is 25.9 Å². The van der Waals surface area contributed by atoms with E-state index in [1.807, 2.05) is 45.3 Å². The zero-order chi connectivity index (χ0) is 21.0. The maximum Gasteiger partial charge on any atom is 0.309 e. The van der Waals surface area contributed by atoms with E-state index in [-0.39, 0.29) is 6.04 Å². The molecule has 0 spiro atoms. The number of fused-ring (bicyclic) bond motifs is 1. The number of carbonyl (C=O) groups is 2. The highest BCUT2D eigenvalue weighted by Crippen LogP contribution is 2.30. The fourth-order valence-corrected chi connectivity index (χ4v) is 3.63. The molecule has 2 amide bonds. The van der Waals surface area contributed by atoms with Gasteiger partial charge in [-0.25, -0.2) is 0 Å². The van der Waals surface area contributed by atoms with Crippen molar-refractivity contribution in [1.82, 2.24) is 15.5 Å². The van der Waals surface area contributed by atoms with Gasteiger partial charge in [0, 0.05) is 32.4 Å². The second kappa shape index (κ2) is 9.09. The first-order chi connectivity index (χ1) is 13.8. The summed E-state index contributed by atoms with van der Waals surface area (Å²) >= 11 is 0. The van der Waals surface area contributed by atoms with Crippen LogP contribution in [-0.2, 0) is 22.6 Å². The van der Waals surface area contributed by atoms with E-state index in [9.17, 15) is 9.59 Å². The van der Waals surface area contributed by atoms with Crippen molar-refractivity contribution < 1.29 is 9.59 Å². The van der Waals surface area contributed by atoms with E-state index in [4.69, 9.17) is 0 Å². The molecule has 1 aliphatic rings. The summed E-state index contributed by atoms with van der Waals surface area (Å²) in [6.07, 6.45) is 1.04. The van der Waals surface area contributed by atoms with Gasteiger partial charge in [-0.3, -0.25) is 9.59 Å². The molecule has 0 bridgehead atoms. The molecule has 2 aromatic carbocycles. The summed E-state index contributed by atoms with van der Waals surface area (Å²) in [4.78, 5) is 28.7. The summed E-state index contributed by atoms with van der Waals surface area (Å²) < 4.78 is 0. The van der Waals surface area contributed by atoms with Crippen molar-refractivity contribution in [2.75, 3.05) is 39.1 Å². The van der Waals surface area contributed by atoms with Crippen molar-refractivity contribution in [3.05, 3.63) is 64.7 Å². The number of hydrogen-bond acceptors (Lipinski definition) is 4. The Labute approximate surface area is 172 Å². The molecule has 1 heterocycles. The monoisotopic (exact) mass is 394 g/mol. The summed E-state index contributed by atoms with van der Waals surface area (Å²) in [5.41, 5.74) is 5.87. The van der Waals surface area contributed by atoms with E-state index in [1.54, 1.807) is 0 Å². The minimum Gasteiger partial charge on any atom is -0.374 e. The average molecular weight is 395 g/mol. The molecule has 0 unspecified atom stereocenters. The predicted molar refractivity (Wildman–Crippen MR) is 116 cm³/mol. The highest BCUT2D eigenvalue weighted by molar-refractivity contribution is 6.35.